The van der Waals surface area contributed by atoms with Crippen molar-refractivity contribution >= 4 is 29.3 Å². The molecule has 0 spiro atoms. The molecule has 0 aliphatic heterocycles. The van der Waals surface area contributed by atoms with Crippen LogP contribution in [0.5, 0.6) is 0 Å². The van der Waals surface area contributed by atoms with E-state index >= 15 is 0 Å². The topological polar surface area (TPSA) is 55.4 Å². The Bertz CT molecular complexity index is 802. The minimum Gasteiger partial charge on any atom is -0.452 e. The van der Waals surface area contributed by atoms with E-state index in [2.05, 4.69) is 5.32 Å². The van der Waals surface area contributed by atoms with E-state index in [0.717, 1.165) is 11.0 Å². The third-order valence-corrected chi connectivity index (χ3v) is 4.43. The predicted molar refractivity (Wildman–Crippen MR) is 92.3 cm³/mol. The number of nitrogens with one attached hydrogen (secondary N) is 1. The molecular weight excluding hydrogens is 367 g/mol. The zero-order valence-corrected chi connectivity index (χ0v) is 14.8. The van der Waals surface area contributed by atoms with Gasteiger partial charge in [-0.3, -0.25) is 9.59 Å². The van der Waals surface area contributed by atoms with Crippen molar-refractivity contribution in [3.63, 3.8) is 0 Å². The Morgan fingerprint density at radius 1 is 1.00 bits per heavy atom. The molecule has 1 N–H and O–H groups in total. The van der Waals surface area contributed by atoms with E-state index in [1.165, 1.54) is 18.7 Å². The molecule has 0 aromatic heterocycles. The van der Waals surface area contributed by atoms with E-state index in [-0.39, 0.29) is 0 Å². The Morgan fingerprint density at radius 2 is 1.65 bits per heavy atom. The highest BCUT2D eigenvalue weighted by atomic mass is 32.2. The minimum atomic E-state index is -1.69. The van der Waals surface area contributed by atoms with Gasteiger partial charge in [-0.2, -0.15) is 0 Å². The van der Waals surface area contributed by atoms with Gasteiger partial charge in [0.1, 0.15) is 5.25 Å². The largest absolute Gasteiger partial charge is 0.452 e. The van der Waals surface area contributed by atoms with Crippen molar-refractivity contribution < 1.29 is 27.5 Å². The van der Waals surface area contributed by atoms with Crippen LogP contribution in [0.1, 0.15) is 13.8 Å². The van der Waals surface area contributed by atoms with Crippen LogP contribution in [0.25, 0.3) is 0 Å². The molecule has 2 rings (SSSR count). The summed E-state index contributed by atoms with van der Waals surface area (Å²) in [5.74, 6) is -6.08. The Morgan fingerprint density at radius 3 is 2.31 bits per heavy atom. The normalized spacial score (nSPS) is 13.0. The molecule has 0 fully saturated rings. The lowest BCUT2D eigenvalue weighted by atomic mass is 10.2. The molecule has 0 bridgehead atoms. The number of rotatable bonds is 6. The number of anilines is 1. The second-order valence-electron chi connectivity index (χ2n) is 5.36. The maximum absolute atomic E-state index is 13.6. The number of benzene rings is 2. The van der Waals surface area contributed by atoms with E-state index in [9.17, 15) is 22.8 Å². The first kappa shape index (κ1) is 19.8. The summed E-state index contributed by atoms with van der Waals surface area (Å²) in [6, 6.07) is 10.7. The van der Waals surface area contributed by atoms with Crippen molar-refractivity contribution in [2.45, 2.75) is 30.1 Å². The maximum atomic E-state index is 13.6. The van der Waals surface area contributed by atoms with Gasteiger partial charge >= 0.3 is 5.97 Å². The summed E-state index contributed by atoms with van der Waals surface area (Å²) in [6.45, 7) is 2.92. The first-order valence-corrected chi connectivity index (χ1v) is 8.54. The Balaban J connectivity index is 1.94. The second kappa shape index (κ2) is 8.75. The highest BCUT2D eigenvalue weighted by Crippen LogP contribution is 2.24. The molecule has 8 heteroatoms. The number of halogens is 3. The van der Waals surface area contributed by atoms with Gasteiger partial charge in [0.2, 0.25) is 0 Å². The smallest absolute Gasteiger partial charge is 0.319 e. The van der Waals surface area contributed by atoms with Crippen LogP contribution in [0, 0.1) is 17.5 Å². The first-order chi connectivity index (χ1) is 12.3. The molecule has 1 amide bonds. The molecule has 138 valence electrons. The van der Waals surface area contributed by atoms with Crippen LogP contribution >= 0.6 is 11.8 Å². The lowest BCUT2D eigenvalue weighted by Crippen LogP contribution is -2.32. The summed E-state index contributed by atoms with van der Waals surface area (Å²) in [7, 11) is 0. The lowest BCUT2D eigenvalue weighted by Gasteiger charge is -2.17. The summed E-state index contributed by atoms with van der Waals surface area (Å²) in [6.07, 6.45) is -1.24. The van der Waals surface area contributed by atoms with E-state index < -0.39 is 46.4 Å². The molecule has 4 nitrogen and oxygen atoms in total. The first-order valence-electron chi connectivity index (χ1n) is 7.66. The highest BCUT2D eigenvalue weighted by molar-refractivity contribution is 8.00. The van der Waals surface area contributed by atoms with Crippen molar-refractivity contribution in [2.24, 2.45) is 0 Å². The molecule has 0 unspecified atom stereocenters. The van der Waals surface area contributed by atoms with Gasteiger partial charge in [0.25, 0.3) is 5.91 Å². The quantitative estimate of drug-likeness (QED) is 0.462. The molecule has 0 heterocycles. The van der Waals surface area contributed by atoms with Crippen molar-refractivity contribution in [2.75, 3.05) is 5.32 Å². The molecule has 0 saturated carbocycles. The number of amides is 1. The van der Waals surface area contributed by atoms with Gasteiger partial charge < -0.3 is 10.1 Å². The summed E-state index contributed by atoms with van der Waals surface area (Å²) in [5, 5.41) is 1.49. The van der Waals surface area contributed by atoms with E-state index in [1.807, 2.05) is 30.3 Å². The Kier molecular flexibility index (Phi) is 6.68. The highest BCUT2D eigenvalue weighted by Gasteiger charge is 2.24. The van der Waals surface area contributed by atoms with E-state index in [0.29, 0.717) is 6.07 Å². The number of ether oxygens (including phenoxy) is 1. The zero-order chi connectivity index (χ0) is 19.3. The molecule has 0 saturated heterocycles. The summed E-state index contributed by atoms with van der Waals surface area (Å²) >= 11 is 1.26. The number of carbonyl (C=O) groups is 2. The van der Waals surface area contributed by atoms with Crippen LogP contribution in [0.4, 0.5) is 18.9 Å². The summed E-state index contributed by atoms with van der Waals surface area (Å²) in [5.41, 5.74) is -0.538. The Hall–Kier alpha value is -2.48. The van der Waals surface area contributed by atoms with Gasteiger partial charge in [-0.1, -0.05) is 18.2 Å². The summed E-state index contributed by atoms with van der Waals surface area (Å²) in [4.78, 5) is 24.9. The van der Waals surface area contributed by atoms with Crippen molar-refractivity contribution in [3.05, 3.63) is 59.9 Å². The fraction of sp³-hybridized carbons (Fsp3) is 0.222. The number of hydrogen-bond acceptors (Lipinski definition) is 4. The van der Waals surface area contributed by atoms with Crippen LogP contribution in [0.2, 0.25) is 0 Å². The van der Waals surface area contributed by atoms with Gasteiger partial charge in [0.05, 0.1) is 5.69 Å². The number of carbonyl (C=O) groups excluding carboxylic acids is 2. The molecule has 26 heavy (non-hydrogen) atoms. The maximum Gasteiger partial charge on any atom is 0.319 e. The lowest BCUT2D eigenvalue weighted by molar-refractivity contribution is -0.152. The average Bonchev–Trinajstić information content (AvgIpc) is 2.62. The zero-order valence-electron chi connectivity index (χ0n) is 14.0. The second-order valence-corrected chi connectivity index (χ2v) is 6.78. The van der Waals surface area contributed by atoms with Gasteiger partial charge in [-0.25, -0.2) is 13.2 Å². The van der Waals surface area contributed by atoms with Crippen molar-refractivity contribution in [3.8, 4) is 0 Å². The Labute approximate surface area is 152 Å². The van der Waals surface area contributed by atoms with Crippen LogP contribution in [0.3, 0.4) is 0 Å². The van der Waals surface area contributed by atoms with E-state index in [1.54, 1.807) is 6.92 Å². The van der Waals surface area contributed by atoms with Gasteiger partial charge in [-0.15, -0.1) is 11.8 Å². The molecule has 0 aliphatic carbocycles. The molecule has 2 aromatic rings. The van der Waals surface area contributed by atoms with Crippen LogP contribution in [0.15, 0.2) is 47.4 Å². The average molecular weight is 383 g/mol. The third-order valence-electron chi connectivity index (χ3n) is 3.34. The minimum absolute atomic E-state index is 0.538. The van der Waals surface area contributed by atoms with Crippen molar-refractivity contribution in [1.82, 2.24) is 0 Å². The molecule has 0 aliphatic rings. The molecular formula is C18H16F3NO3S. The van der Waals surface area contributed by atoms with Gasteiger partial charge in [0, 0.05) is 4.90 Å². The molecule has 2 aromatic carbocycles. The predicted octanol–water partition coefficient (Wildman–Crippen LogP) is 4.15. The number of esters is 1. The summed E-state index contributed by atoms with van der Waals surface area (Å²) < 4.78 is 44.7. The standard InChI is InChI=1S/C18H16F3NO3S/c1-10(17(23)22-14-9-8-13(19)15(20)16(14)21)25-18(24)11(2)26-12-6-4-3-5-7-12/h3-11H,1-2H3,(H,22,23)/t10-,11+/m1/s1. The fourth-order valence-electron chi connectivity index (χ4n) is 1.93. The number of hydrogen-bond donors (Lipinski definition) is 1. The van der Waals surface area contributed by atoms with Gasteiger partial charge in [0.15, 0.2) is 23.6 Å². The third kappa shape index (κ3) is 5.01. The molecule has 2 atom stereocenters. The monoisotopic (exact) mass is 383 g/mol. The van der Waals surface area contributed by atoms with Crippen LogP contribution in [-0.2, 0) is 14.3 Å². The number of thioether (sulfide) groups is 1. The fourth-order valence-corrected chi connectivity index (χ4v) is 2.81. The SMILES string of the molecule is C[C@H](Sc1ccccc1)C(=O)O[C@H](C)C(=O)Nc1ccc(F)c(F)c1F. The van der Waals surface area contributed by atoms with Crippen molar-refractivity contribution in [1.29, 1.82) is 0 Å². The van der Waals surface area contributed by atoms with Gasteiger partial charge in [-0.05, 0) is 38.1 Å². The van der Waals surface area contributed by atoms with Crippen LogP contribution in [-0.4, -0.2) is 23.2 Å². The van der Waals surface area contributed by atoms with Crippen LogP contribution < -0.4 is 5.32 Å². The van der Waals surface area contributed by atoms with E-state index in [4.69, 9.17) is 4.74 Å². The molecule has 0 radical (unpaired) electrons.